The lowest BCUT2D eigenvalue weighted by Crippen LogP contribution is -2.53. The van der Waals surface area contributed by atoms with Crippen molar-refractivity contribution in [3.63, 3.8) is 0 Å². The Morgan fingerprint density at radius 3 is 2.70 bits per heavy atom. The topological polar surface area (TPSA) is 34.1 Å². The van der Waals surface area contributed by atoms with Gasteiger partial charge in [0.1, 0.15) is 0 Å². The van der Waals surface area contributed by atoms with Gasteiger partial charge in [0.2, 0.25) is 0 Å². The van der Waals surface area contributed by atoms with E-state index in [0.717, 1.165) is 57.8 Å². The molecule has 1 N–H and O–H groups in total. The van der Waals surface area contributed by atoms with Gasteiger partial charge in [-0.2, -0.15) is 0 Å². The van der Waals surface area contributed by atoms with Crippen LogP contribution < -0.4 is 10.2 Å². The predicted octanol–water partition coefficient (Wildman–Crippen LogP) is 1.93. The van der Waals surface area contributed by atoms with E-state index in [-0.39, 0.29) is 0 Å². The van der Waals surface area contributed by atoms with E-state index in [2.05, 4.69) is 49.4 Å². The second-order valence-electron chi connectivity index (χ2n) is 6.26. The first kappa shape index (κ1) is 16.6. The van der Waals surface area contributed by atoms with E-state index in [4.69, 9.17) is 0 Å². The van der Waals surface area contributed by atoms with E-state index in [1.54, 1.807) is 0 Å². The van der Waals surface area contributed by atoms with Crippen molar-refractivity contribution in [1.82, 2.24) is 15.1 Å². The molecule has 6 heteroatoms. The molecule has 0 unspecified atom stereocenters. The zero-order chi connectivity index (χ0) is 16.1. The summed E-state index contributed by atoms with van der Waals surface area (Å²) in [4.78, 5) is 11.9. The molecule has 2 aliphatic rings. The molecule has 1 aliphatic heterocycles. The van der Waals surface area contributed by atoms with Crippen LogP contribution in [0.25, 0.3) is 0 Å². The third-order valence-electron chi connectivity index (χ3n) is 4.76. The van der Waals surface area contributed by atoms with Crippen molar-refractivity contribution >= 4 is 22.3 Å². The van der Waals surface area contributed by atoms with Crippen LogP contribution in [0.4, 0.5) is 5.00 Å². The quantitative estimate of drug-likeness (QED) is 0.636. The van der Waals surface area contributed by atoms with Gasteiger partial charge in [-0.1, -0.05) is 6.92 Å². The zero-order valence-electron chi connectivity index (χ0n) is 14.4. The summed E-state index contributed by atoms with van der Waals surface area (Å²) >= 11 is 1.83. The van der Waals surface area contributed by atoms with Gasteiger partial charge < -0.3 is 15.1 Å². The van der Waals surface area contributed by atoms with Crippen LogP contribution in [0.15, 0.2) is 22.5 Å². The molecule has 2 fully saturated rings. The molecular formula is C17H29N5S. The van der Waals surface area contributed by atoms with Gasteiger partial charge in [-0.15, -0.1) is 11.3 Å². The van der Waals surface area contributed by atoms with Crippen molar-refractivity contribution in [3.8, 4) is 0 Å². The molecule has 0 atom stereocenters. The number of hydrogen-bond acceptors (Lipinski definition) is 4. The summed E-state index contributed by atoms with van der Waals surface area (Å²) in [6.45, 7) is 9.75. The minimum atomic E-state index is 0.846. The van der Waals surface area contributed by atoms with Crippen LogP contribution in [-0.2, 0) is 0 Å². The van der Waals surface area contributed by atoms with Gasteiger partial charge in [-0.05, 0) is 36.9 Å². The van der Waals surface area contributed by atoms with Gasteiger partial charge in [0.05, 0.1) is 5.00 Å². The number of guanidine groups is 1. The molecule has 128 valence electrons. The number of piperazine rings is 1. The molecule has 0 aromatic carbocycles. The first-order valence-electron chi connectivity index (χ1n) is 8.80. The Balaban J connectivity index is 1.42. The Morgan fingerprint density at radius 1 is 1.35 bits per heavy atom. The number of hydrogen-bond donors (Lipinski definition) is 1. The van der Waals surface area contributed by atoms with Gasteiger partial charge in [-0.3, -0.25) is 9.89 Å². The number of nitrogens with zero attached hydrogens (tertiary/aromatic N) is 4. The van der Waals surface area contributed by atoms with E-state index < -0.39 is 0 Å². The van der Waals surface area contributed by atoms with Gasteiger partial charge >= 0.3 is 0 Å². The number of rotatable bonds is 6. The standard InChI is InChI=1S/C17H29N5S/c1-3-20(15-6-7-15)9-8-19-17(18-2)22-12-10-21(11-13-22)16-5-4-14-23-16/h4-5,14-15H,3,6-13H2,1-2H3,(H,18,19). The average Bonchev–Trinajstić information content (AvgIpc) is 3.28. The van der Waals surface area contributed by atoms with Crippen molar-refractivity contribution < 1.29 is 0 Å². The lowest BCUT2D eigenvalue weighted by atomic mass is 10.3. The van der Waals surface area contributed by atoms with Crippen LogP contribution in [0.2, 0.25) is 0 Å². The molecule has 1 aliphatic carbocycles. The molecule has 0 spiro atoms. The van der Waals surface area contributed by atoms with Crippen LogP contribution in [0.1, 0.15) is 19.8 Å². The normalized spacial score (nSPS) is 19.5. The second-order valence-corrected chi connectivity index (χ2v) is 7.19. The Hall–Kier alpha value is -1.27. The highest BCUT2D eigenvalue weighted by Crippen LogP contribution is 2.26. The molecule has 2 heterocycles. The fourth-order valence-corrected chi connectivity index (χ4v) is 4.06. The van der Waals surface area contributed by atoms with Gasteiger partial charge in [0.25, 0.3) is 0 Å². The molecular weight excluding hydrogens is 306 g/mol. The van der Waals surface area contributed by atoms with E-state index in [0.29, 0.717) is 0 Å². The summed E-state index contributed by atoms with van der Waals surface area (Å²) < 4.78 is 0. The van der Waals surface area contributed by atoms with Crippen molar-refractivity contribution in [1.29, 1.82) is 0 Å². The van der Waals surface area contributed by atoms with Crippen molar-refractivity contribution in [2.75, 3.05) is 57.8 Å². The maximum Gasteiger partial charge on any atom is 0.193 e. The van der Waals surface area contributed by atoms with Crippen LogP contribution in [-0.4, -0.2) is 74.7 Å². The summed E-state index contributed by atoms with van der Waals surface area (Å²) in [5, 5.41) is 7.09. The Labute approximate surface area is 144 Å². The fourth-order valence-electron chi connectivity index (χ4n) is 3.27. The summed E-state index contributed by atoms with van der Waals surface area (Å²) in [6, 6.07) is 5.19. The smallest absolute Gasteiger partial charge is 0.193 e. The number of nitrogens with one attached hydrogen (secondary N) is 1. The van der Waals surface area contributed by atoms with Crippen LogP contribution >= 0.6 is 11.3 Å². The highest BCUT2D eigenvalue weighted by molar-refractivity contribution is 7.14. The molecule has 1 saturated heterocycles. The molecule has 0 radical (unpaired) electrons. The van der Waals surface area contributed by atoms with Gasteiger partial charge in [-0.25, -0.2) is 0 Å². The van der Waals surface area contributed by atoms with Crippen LogP contribution in [0, 0.1) is 0 Å². The largest absolute Gasteiger partial charge is 0.360 e. The summed E-state index contributed by atoms with van der Waals surface area (Å²) in [6.07, 6.45) is 2.76. The van der Waals surface area contributed by atoms with E-state index in [1.807, 2.05) is 18.4 Å². The summed E-state index contributed by atoms with van der Waals surface area (Å²) in [5.41, 5.74) is 0. The molecule has 1 aromatic heterocycles. The molecule has 23 heavy (non-hydrogen) atoms. The van der Waals surface area contributed by atoms with Gasteiger partial charge in [0, 0.05) is 52.4 Å². The minimum absolute atomic E-state index is 0.846. The zero-order valence-corrected chi connectivity index (χ0v) is 15.2. The SMILES string of the molecule is CCN(CCNC(=NC)N1CCN(c2cccs2)CC1)C1CC1. The first-order valence-corrected chi connectivity index (χ1v) is 9.68. The maximum absolute atomic E-state index is 4.48. The molecule has 5 nitrogen and oxygen atoms in total. The Bertz CT molecular complexity index is 489. The highest BCUT2D eigenvalue weighted by Gasteiger charge is 2.27. The summed E-state index contributed by atoms with van der Waals surface area (Å²) in [5.74, 6) is 1.06. The van der Waals surface area contributed by atoms with Crippen molar-refractivity contribution in [2.24, 2.45) is 4.99 Å². The van der Waals surface area contributed by atoms with Crippen molar-refractivity contribution in [3.05, 3.63) is 17.5 Å². The van der Waals surface area contributed by atoms with Crippen LogP contribution in [0.3, 0.4) is 0 Å². The van der Waals surface area contributed by atoms with Crippen LogP contribution in [0.5, 0.6) is 0 Å². The Kier molecular flexibility index (Phi) is 5.78. The molecule has 3 rings (SSSR count). The van der Waals surface area contributed by atoms with Gasteiger partial charge in [0.15, 0.2) is 5.96 Å². The monoisotopic (exact) mass is 335 g/mol. The van der Waals surface area contributed by atoms with E-state index in [1.165, 1.54) is 17.8 Å². The number of thiophene rings is 1. The van der Waals surface area contributed by atoms with E-state index >= 15 is 0 Å². The average molecular weight is 336 g/mol. The molecule has 0 bridgehead atoms. The number of anilines is 1. The first-order chi connectivity index (χ1) is 11.3. The lowest BCUT2D eigenvalue weighted by Gasteiger charge is -2.37. The highest BCUT2D eigenvalue weighted by atomic mass is 32.1. The summed E-state index contributed by atoms with van der Waals surface area (Å²) in [7, 11) is 1.90. The van der Waals surface area contributed by atoms with Crippen molar-refractivity contribution in [2.45, 2.75) is 25.8 Å². The number of likely N-dealkylation sites (N-methyl/N-ethyl adjacent to an activating group) is 1. The fraction of sp³-hybridized carbons (Fsp3) is 0.706. The molecule has 0 amide bonds. The minimum Gasteiger partial charge on any atom is -0.360 e. The van der Waals surface area contributed by atoms with E-state index in [9.17, 15) is 0 Å². The third-order valence-corrected chi connectivity index (χ3v) is 5.69. The third kappa shape index (κ3) is 4.38. The lowest BCUT2D eigenvalue weighted by molar-refractivity contribution is 0.279. The maximum atomic E-state index is 4.48. The second kappa shape index (κ2) is 8.02. The Morgan fingerprint density at radius 2 is 2.13 bits per heavy atom. The molecule has 1 aromatic rings. The number of aliphatic imine (C=N–C) groups is 1. The predicted molar refractivity (Wildman–Crippen MR) is 99.7 cm³/mol. The molecule has 1 saturated carbocycles.